The van der Waals surface area contributed by atoms with Crippen LogP contribution >= 0.6 is 0 Å². The van der Waals surface area contributed by atoms with Crippen LogP contribution in [0.25, 0.3) is 0 Å². The van der Waals surface area contributed by atoms with Gasteiger partial charge in [-0.1, -0.05) is 20.8 Å². The van der Waals surface area contributed by atoms with E-state index in [1.165, 1.54) is 4.90 Å². The van der Waals surface area contributed by atoms with Crippen molar-refractivity contribution in [3.8, 4) is 0 Å². The van der Waals surface area contributed by atoms with Gasteiger partial charge in [0.25, 0.3) is 0 Å². The average Bonchev–Trinajstić information content (AvgIpc) is 2.34. The average molecular weight is 278 g/mol. The number of hydrogen-bond donors (Lipinski definition) is 1. The zero-order chi connectivity index (χ0) is 15.3. The highest BCUT2D eigenvalue weighted by atomic mass is 16.4. The van der Waals surface area contributed by atoms with E-state index in [1.54, 1.807) is 19.2 Å². The molecule has 1 atom stereocenters. The van der Waals surface area contributed by atoms with Crippen LogP contribution in [-0.2, 0) is 9.59 Å². The maximum atomic E-state index is 12.3. The van der Waals surface area contributed by atoms with Crippen LogP contribution in [0.15, 0.2) is 18.3 Å². The van der Waals surface area contributed by atoms with Gasteiger partial charge in [-0.3, -0.25) is 14.5 Å². The smallest absolute Gasteiger partial charge is 0.308 e. The molecule has 1 amide bonds. The number of carbonyl (C=O) groups excluding carboxylic acids is 1. The van der Waals surface area contributed by atoms with Gasteiger partial charge in [-0.15, -0.1) is 0 Å². The van der Waals surface area contributed by atoms with Gasteiger partial charge >= 0.3 is 5.97 Å². The fourth-order valence-corrected chi connectivity index (χ4v) is 1.80. The number of anilines is 1. The maximum Gasteiger partial charge on any atom is 0.308 e. The lowest BCUT2D eigenvalue weighted by atomic mass is 10.1. The molecule has 0 aliphatic carbocycles. The van der Waals surface area contributed by atoms with E-state index in [1.807, 2.05) is 26.8 Å². The van der Waals surface area contributed by atoms with Gasteiger partial charge in [0.05, 0.1) is 5.92 Å². The van der Waals surface area contributed by atoms with E-state index in [-0.39, 0.29) is 18.4 Å². The molecule has 1 unspecified atom stereocenters. The first-order valence-corrected chi connectivity index (χ1v) is 6.77. The molecule has 1 heterocycles. The third-order valence-corrected chi connectivity index (χ3v) is 2.94. The summed E-state index contributed by atoms with van der Waals surface area (Å²) in [5, 5.41) is 9.04. The van der Waals surface area contributed by atoms with Crippen molar-refractivity contribution in [2.24, 2.45) is 11.8 Å². The number of nitrogens with zero attached hydrogens (tertiary/aromatic N) is 2. The van der Waals surface area contributed by atoms with E-state index < -0.39 is 11.9 Å². The van der Waals surface area contributed by atoms with Gasteiger partial charge in [0.15, 0.2) is 0 Å². The molecule has 5 heteroatoms. The lowest BCUT2D eigenvalue weighted by Crippen LogP contribution is -2.38. The summed E-state index contributed by atoms with van der Waals surface area (Å²) >= 11 is 0. The first-order valence-electron chi connectivity index (χ1n) is 6.77. The predicted molar refractivity (Wildman–Crippen MR) is 77.6 cm³/mol. The first-order chi connectivity index (χ1) is 9.31. The van der Waals surface area contributed by atoms with E-state index in [9.17, 15) is 9.59 Å². The molecular weight excluding hydrogens is 256 g/mol. The summed E-state index contributed by atoms with van der Waals surface area (Å²) in [5.74, 6) is -0.904. The predicted octanol–water partition coefficient (Wildman–Crippen LogP) is 2.49. The van der Waals surface area contributed by atoms with Gasteiger partial charge in [-0.05, 0) is 30.5 Å². The highest BCUT2D eigenvalue weighted by Crippen LogP contribution is 2.17. The van der Waals surface area contributed by atoms with Gasteiger partial charge in [0.2, 0.25) is 5.91 Å². The largest absolute Gasteiger partial charge is 0.481 e. The van der Waals surface area contributed by atoms with Crippen molar-refractivity contribution in [3.05, 3.63) is 23.9 Å². The number of hydrogen-bond acceptors (Lipinski definition) is 3. The number of aliphatic carboxylic acids is 1. The molecule has 1 aromatic rings. The van der Waals surface area contributed by atoms with Crippen LogP contribution in [0, 0.1) is 18.8 Å². The van der Waals surface area contributed by atoms with Crippen molar-refractivity contribution in [2.75, 3.05) is 11.4 Å². The summed E-state index contributed by atoms with van der Waals surface area (Å²) in [6.07, 6.45) is 2.01. The Morgan fingerprint density at radius 3 is 2.50 bits per heavy atom. The lowest BCUT2D eigenvalue weighted by Gasteiger charge is -2.24. The molecular formula is C15H22N2O3. The second kappa shape index (κ2) is 7.03. The van der Waals surface area contributed by atoms with E-state index in [4.69, 9.17) is 5.11 Å². The summed E-state index contributed by atoms with van der Waals surface area (Å²) in [6, 6.07) is 3.64. The molecule has 1 aromatic heterocycles. The standard InChI is InChI=1S/C15H22N2O3/c1-10(2)7-14(18)17(9-12(4)15(19)20)13-8-11(3)5-6-16-13/h5-6,8,10,12H,7,9H2,1-4H3,(H,19,20). The molecule has 0 fully saturated rings. The van der Waals surface area contributed by atoms with Crippen molar-refractivity contribution in [2.45, 2.75) is 34.1 Å². The van der Waals surface area contributed by atoms with Gasteiger partial charge in [-0.2, -0.15) is 0 Å². The van der Waals surface area contributed by atoms with Gasteiger partial charge < -0.3 is 5.11 Å². The van der Waals surface area contributed by atoms with Crippen LogP contribution in [0.4, 0.5) is 5.82 Å². The molecule has 1 N–H and O–H groups in total. The molecule has 0 saturated carbocycles. The fourth-order valence-electron chi connectivity index (χ4n) is 1.80. The number of carbonyl (C=O) groups is 2. The highest BCUT2D eigenvalue weighted by Gasteiger charge is 2.23. The summed E-state index contributed by atoms with van der Waals surface area (Å²) < 4.78 is 0. The second-order valence-electron chi connectivity index (χ2n) is 5.53. The monoisotopic (exact) mass is 278 g/mol. The minimum atomic E-state index is -0.917. The third-order valence-electron chi connectivity index (χ3n) is 2.94. The number of amides is 1. The number of pyridine rings is 1. The molecule has 0 aliphatic rings. The Hall–Kier alpha value is -1.91. The minimum absolute atomic E-state index is 0.0915. The number of aromatic nitrogens is 1. The van der Waals surface area contributed by atoms with Crippen LogP contribution in [0.2, 0.25) is 0 Å². The van der Waals surface area contributed by atoms with E-state index in [2.05, 4.69) is 4.98 Å². The van der Waals surface area contributed by atoms with Crippen LogP contribution in [0.1, 0.15) is 32.8 Å². The maximum absolute atomic E-state index is 12.3. The summed E-state index contributed by atoms with van der Waals surface area (Å²) in [6.45, 7) is 7.56. The number of rotatable bonds is 6. The third kappa shape index (κ3) is 4.64. The topological polar surface area (TPSA) is 70.5 Å². The van der Waals surface area contributed by atoms with Crippen LogP contribution in [0.5, 0.6) is 0 Å². The molecule has 0 aliphatic heterocycles. The second-order valence-corrected chi connectivity index (χ2v) is 5.53. The minimum Gasteiger partial charge on any atom is -0.481 e. The molecule has 0 aromatic carbocycles. The van der Waals surface area contributed by atoms with E-state index >= 15 is 0 Å². The Bertz CT molecular complexity index is 486. The SMILES string of the molecule is Cc1ccnc(N(CC(C)C(=O)O)C(=O)CC(C)C)c1. The Morgan fingerprint density at radius 1 is 1.35 bits per heavy atom. The Morgan fingerprint density at radius 2 is 2.00 bits per heavy atom. The summed E-state index contributed by atoms with van der Waals surface area (Å²) in [4.78, 5) is 29.0. The van der Waals surface area contributed by atoms with Crippen LogP contribution in [-0.4, -0.2) is 28.5 Å². The van der Waals surface area contributed by atoms with Crippen molar-refractivity contribution in [3.63, 3.8) is 0 Å². The van der Waals surface area contributed by atoms with Crippen molar-refractivity contribution >= 4 is 17.7 Å². The fraction of sp³-hybridized carbons (Fsp3) is 0.533. The van der Waals surface area contributed by atoms with Gasteiger partial charge in [-0.25, -0.2) is 4.98 Å². The van der Waals surface area contributed by atoms with E-state index in [0.29, 0.717) is 12.2 Å². The molecule has 0 saturated heterocycles. The summed E-state index contributed by atoms with van der Waals surface area (Å²) in [5.41, 5.74) is 0.986. The van der Waals surface area contributed by atoms with E-state index in [0.717, 1.165) is 5.56 Å². The van der Waals surface area contributed by atoms with Crippen LogP contribution < -0.4 is 4.90 Å². The number of aryl methyl sites for hydroxylation is 1. The molecule has 0 bridgehead atoms. The van der Waals surface area contributed by atoms with Gasteiger partial charge in [0.1, 0.15) is 5.82 Å². The molecule has 20 heavy (non-hydrogen) atoms. The number of carboxylic acids is 1. The molecule has 1 rings (SSSR count). The van der Waals surface area contributed by atoms with Crippen LogP contribution in [0.3, 0.4) is 0 Å². The Balaban J connectivity index is 3.00. The zero-order valence-corrected chi connectivity index (χ0v) is 12.5. The summed E-state index contributed by atoms with van der Waals surface area (Å²) in [7, 11) is 0. The van der Waals surface area contributed by atoms with Crippen molar-refractivity contribution < 1.29 is 14.7 Å². The quantitative estimate of drug-likeness (QED) is 0.868. The first kappa shape index (κ1) is 16.1. The Kier molecular flexibility index (Phi) is 5.67. The molecule has 5 nitrogen and oxygen atoms in total. The molecule has 0 spiro atoms. The molecule has 0 radical (unpaired) electrons. The zero-order valence-electron chi connectivity index (χ0n) is 12.5. The highest BCUT2D eigenvalue weighted by molar-refractivity contribution is 5.93. The molecule has 110 valence electrons. The van der Waals surface area contributed by atoms with Gasteiger partial charge in [0, 0.05) is 19.2 Å². The van der Waals surface area contributed by atoms with Crippen molar-refractivity contribution in [1.82, 2.24) is 4.98 Å². The normalized spacial score (nSPS) is 12.2. The number of carboxylic acid groups (broad SMARTS) is 1. The lowest BCUT2D eigenvalue weighted by molar-refractivity contribution is -0.140. The van der Waals surface area contributed by atoms with Crippen molar-refractivity contribution in [1.29, 1.82) is 0 Å². The Labute approximate surface area is 119 Å².